The predicted octanol–water partition coefficient (Wildman–Crippen LogP) is 2.47. The highest BCUT2D eigenvalue weighted by atomic mass is 16.6. The molecular weight excluding hydrogens is 308 g/mol. The lowest BCUT2D eigenvalue weighted by Gasteiger charge is -2.45. The summed E-state index contributed by atoms with van der Waals surface area (Å²) in [7, 11) is 0. The van der Waals surface area contributed by atoms with Crippen molar-refractivity contribution in [2.24, 2.45) is 28.6 Å². The molecule has 2 saturated carbocycles. The number of fused-ring (bicyclic) bond motifs is 1. The van der Waals surface area contributed by atoms with Gasteiger partial charge in [-0.15, -0.1) is 0 Å². The third-order valence-corrected chi connectivity index (χ3v) is 6.76. The van der Waals surface area contributed by atoms with Crippen LogP contribution in [0.3, 0.4) is 0 Å². The second-order valence-electron chi connectivity index (χ2n) is 8.42. The summed E-state index contributed by atoms with van der Waals surface area (Å²) in [6.45, 7) is 12.0. The largest absolute Gasteiger partial charge is 0.460 e. The van der Waals surface area contributed by atoms with Crippen molar-refractivity contribution in [1.29, 1.82) is 0 Å². The third-order valence-electron chi connectivity index (χ3n) is 6.76. The molecular formula is C19H28O5. The first-order valence-corrected chi connectivity index (χ1v) is 8.88. The lowest BCUT2D eigenvalue weighted by Crippen LogP contribution is -2.49. The van der Waals surface area contributed by atoms with E-state index >= 15 is 0 Å². The van der Waals surface area contributed by atoms with E-state index in [1.807, 2.05) is 0 Å². The van der Waals surface area contributed by atoms with E-state index in [-0.39, 0.29) is 35.8 Å². The summed E-state index contributed by atoms with van der Waals surface area (Å²) in [5, 5.41) is 10.7. The molecule has 6 atom stereocenters. The van der Waals surface area contributed by atoms with E-state index in [1.54, 1.807) is 13.8 Å². The molecule has 3 rings (SSSR count). The Hall–Kier alpha value is -1.36. The van der Waals surface area contributed by atoms with Gasteiger partial charge in [-0.2, -0.15) is 0 Å². The van der Waals surface area contributed by atoms with Crippen LogP contribution >= 0.6 is 0 Å². The smallest absolute Gasteiger partial charge is 0.320 e. The summed E-state index contributed by atoms with van der Waals surface area (Å²) >= 11 is 0. The first kappa shape index (κ1) is 17.5. The number of hydrogen-bond donors (Lipinski definition) is 1. The van der Waals surface area contributed by atoms with E-state index in [9.17, 15) is 14.7 Å². The molecule has 6 unspecified atom stereocenters. The first-order valence-electron chi connectivity index (χ1n) is 8.88. The zero-order valence-corrected chi connectivity index (χ0v) is 15.0. The normalized spacial score (nSPS) is 44.8. The fraction of sp³-hybridized carbons (Fsp3) is 0.789. The maximum absolute atomic E-state index is 12.7. The molecule has 1 heterocycles. The van der Waals surface area contributed by atoms with E-state index < -0.39 is 17.6 Å². The Morgan fingerprint density at radius 1 is 1.42 bits per heavy atom. The Balaban J connectivity index is 2.09. The molecule has 1 aliphatic heterocycles. The Kier molecular flexibility index (Phi) is 4.06. The SMILES string of the molecule is C=C1COC(=O)C12CC1(C)C(C)CCC(O)C1C2OC(=O)C(C)C. The average molecular weight is 336 g/mol. The van der Waals surface area contributed by atoms with Crippen molar-refractivity contribution >= 4 is 11.9 Å². The number of esters is 2. The van der Waals surface area contributed by atoms with Crippen LogP contribution in [0.1, 0.15) is 47.0 Å². The van der Waals surface area contributed by atoms with Gasteiger partial charge in [0.25, 0.3) is 0 Å². The second-order valence-corrected chi connectivity index (χ2v) is 8.42. The van der Waals surface area contributed by atoms with Crippen molar-refractivity contribution in [2.45, 2.75) is 59.2 Å². The minimum Gasteiger partial charge on any atom is -0.460 e. The maximum atomic E-state index is 12.7. The predicted molar refractivity (Wildman–Crippen MR) is 87.9 cm³/mol. The molecule has 5 nitrogen and oxygen atoms in total. The molecule has 0 amide bonds. The van der Waals surface area contributed by atoms with Crippen molar-refractivity contribution in [2.75, 3.05) is 6.61 Å². The number of rotatable bonds is 2. The van der Waals surface area contributed by atoms with Crippen molar-refractivity contribution in [3.05, 3.63) is 12.2 Å². The summed E-state index contributed by atoms with van der Waals surface area (Å²) in [5.74, 6) is -0.943. The second kappa shape index (κ2) is 5.58. The molecule has 2 aliphatic carbocycles. The molecule has 1 N–H and O–H groups in total. The molecule has 24 heavy (non-hydrogen) atoms. The van der Waals surface area contributed by atoms with Gasteiger partial charge in [-0.25, -0.2) is 0 Å². The van der Waals surface area contributed by atoms with Gasteiger partial charge in [0.2, 0.25) is 0 Å². The van der Waals surface area contributed by atoms with Crippen LogP contribution in [0.25, 0.3) is 0 Å². The average Bonchev–Trinajstić information content (AvgIpc) is 2.95. The van der Waals surface area contributed by atoms with Crippen LogP contribution in [-0.4, -0.2) is 35.9 Å². The summed E-state index contributed by atoms with van der Waals surface area (Å²) in [5.41, 5.74) is -0.626. The van der Waals surface area contributed by atoms with Crippen LogP contribution in [0.5, 0.6) is 0 Å². The summed E-state index contributed by atoms with van der Waals surface area (Å²) in [4.78, 5) is 25.0. The van der Waals surface area contributed by atoms with Gasteiger partial charge in [0.15, 0.2) is 0 Å². The molecule has 0 aromatic carbocycles. The standard InChI is InChI=1S/C19H28O5/c1-10(2)16(21)24-15-14-13(20)7-6-11(3)18(14,5)9-19(15)12(4)8-23-17(19)22/h10-11,13-15,20H,4,6-9H2,1-3,5H3. The molecule has 1 saturated heterocycles. The molecule has 0 aromatic rings. The van der Waals surface area contributed by atoms with Crippen LogP contribution in [0.2, 0.25) is 0 Å². The van der Waals surface area contributed by atoms with Crippen LogP contribution in [0, 0.1) is 28.6 Å². The van der Waals surface area contributed by atoms with Gasteiger partial charge in [-0.3, -0.25) is 9.59 Å². The van der Waals surface area contributed by atoms with E-state index in [0.717, 1.165) is 6.42 Å². The monoisotopic (exact) mass is 336 g/mol. The fourth-order valence-electron chi connectivity index (χ4n) is 5.05. The topological polar surface area (TPSA) is 72.8 Å². The minimum atomic E-state index is -1.01. The molecule has 134 valence electrons. The molecule has 1 spiro atoms. The van der Waals surface area contributed by atoms with Gasteiger partial charge < -0.3 is 14.6 Å². The van der Waals surface area contributed by atoms with Gasteiger partial charge in [-0.05, 0) is 36.2 Å². The molecule has 0 bridgehead atoms. The van der Waals surface area contributed by atoms with Gasteiger partial charge in [-0.1, -0.05) is 34.3 Å². The van der Waals surface area contributed by atoms with Crippen LogP contribution < -0.4 is 0 Å². The van der Waals surface area contributed by atoms with Crippen molar-refractivity contribution in [3.63, 3.8) is 0 Å². The van der Waals surface area contributed by atoms with E-state index in [0.29, 0.717) is 24.3 Å². The number of aliphatic hydroxyl groups excluding tert-OH is 1. The summed E-state index contributed by atoms with van der Waals surface area (Å²) < 4.78 is 11.1. The first-order chi connectivity index (χ1) is 11.1. The van der Waals surface area contributed by atoms with E-state index in [4.69, 9.17) is 9.47 Å². The van der Waals surface area contributed by atoms with Gasteiger partial charge >= 0.3 is 11.9 Å². The van der Waals surface area contributed by atoms with Crippen LogP contribution in [-0.2, 0) is 19.1 Å². The number of cyclic esters (lactones) is 1. The highest BCUT2D eigenvalue weighted by Crippen LogP contribution is 2.65. The number of hydrogen-bond acceptors (Lipinski definition) is 5. The van der Waals surface area contributed by atoms with Gasteiger partial charge in [0.05, 0.1) is 12.0 Å². The molecule has 3 fully saturated rings. The van der Waals surface area contributed by atoms with E-state index in [2.05, 4.69) is 20.4 Å². The maximum Gasteiger partial charge on any atom is 0.320 e. The summed E-state index contributed by atoms with van der Waals surface area (Å²) in [6.07, 6.45) is 0.802. The molecule has 0 aromatic heterocycles. The Morgan fingerprint density at radius 3 is 2.62 bits per heavy atom. The number of carbonyl (C=O) groups excluding carboxylic acids is 2. The van der Waals surface area contributed by atoms with Crippen molar-refractivity contribution in [3.8, 4) is 0 Å². The summed E-state index contributed by atoms with van der Waals surface area (Å²) in [6, 6.07) is 0. The molecule has 5 heteroatoms. The molecule has 3 aliphatic rings. The fourth-order valence-corrected chi connectivity index (χ4v) is 5.05. The Morgan fingerprint density at radius 2 is 2.08 bits per heavy atom. The van der Waals surface area contributed by atoms with Gasteiger partial charge in [0.1, 0.15) is 18.1 Å². The van der Waals surface area contributed by atoms with Crippen molar-refractivity contribution in [1.82, 2.24) is 0 Å². The highest BCUT2D eigenvalue weighted by molar-refractivity contribution is 5.86. The van der Waals surface area contributed by atoms with Crippen LogP contribution in [0.4, 0.5) is 0 Å². The zero-order chi connectivity index (χ0) is 17.9. The third kappa shape index (κ3) is 2.17. The quantitative estimate of drug-likeness (QED) is 0.619. The van der Waals surface area contributed by atoms with Crippen molar-refractivity contribution < 1.29 is 24.2 Å². The highest BCUT2D eigenvalue weighted by Gasteiger charge is 2.71. The zero-order valence-electron chi connectivity index (χ0n) is 15.0. The molecule has 0 radical (unpaired) electrons. The minimum absolute atomic E-state index is 0.168. The van der Waals surface area contributed by atoms with Crippen LogP contribution in [0.15, 0.2) is 12.2 Å². The Bertz CT molecular complexity index is 564. The number of carbonyl (C=O) groups is 2. The lowest BCUT2D eigenvalue weighted by molar-refractivity contribution is -0.171. The van der Waals surface area contributed by atoms with E-state index in [1.165, 1.54) is 0 Å². The Labute approximate surface area is 143 Å². The lowest BCUT2D eigenvalue weighted by atomic mass is 9.62. The van der Waals surface area contributed by atoms with Gasteiger partial charge in [0, 0.05) is 5.92 Å². The number of ether oxygens (including phenoxy) is 2. The number of aliphatic hydroxyl groups is 1.